The number of esters is 3. The van der Waals surface area contributed by atoms with Crippen LogP contribution in [0.1, 0.15) is 157 Å². The fourth-order valence-electron chi connectivity index (χ4n) is 19.7. The number of ether oxygens (including phenoxy) is 18. The van der Waals surface area contributed by atoms with E-state index in [0.29, 0.717) is 89.9 Å². The minimum Gasteiger partial charge on any atom is -0.462 e. The zero-order chi connectivity index (χ0) is 60.5. The fraction of sp³-hybridized carbons (Fsp3) is 0.923. The molecule has 23 nitrogen and oxygen atoms in total. The number of aliphatic hydroxyl groups is 2. The van der Waals surface area contributed by atoms with Crippen LogP contribution in [0.2, 0.25) is 0 Å². The second-order valence-corrected chi connectivity index (χ2v) is 29.9. The molecule has 17 aliphatic heterocycles. The Hall–Kier alpha value is -2.53. The highest BCUT2D eigenvalue weighted by Crippen LogP contribution is 2.58. The van der Waals surface area contributed by atoms with Crippen LogP contribution in [0.5, 0.6) is 0 Å². The van der Waals surface area contributed by atoms with Gasteiger partial charge in [-0.05, 0) is 68.3 Å². The highest BCUT2D eigenvalue weighted by atomic mass is 16.8. The Labute approximate surface area is 513 Å². The molecule has 3 spiro atoms. The summed E-state index contributed by atoms with van der Waals surface area (Å²) in [6.07, 6.45) is -0.473. The number of hydrogen-bond acceptors (Lipinski definition) is 23. The molecule has 490 valence electrons. The summed E-state index contributed by atoms with van der Waals surface area (Å²) in [5, 5.41) is 23.5. The monoisotopic (exact) mass is 1240 g/mol. The molecular weight excluding hydrogens is 1150 g/mol. The molecule has 0 aromatic heterocycles. The molecule has 0 saturated carbocycles. The summed E-state index contributed by atoms with van der Waals surface area (Å²) in [5.74, 6) is -4.71. The van der Waals surface area contributed by atoms with Gasteiger partial charge in [0.2, 0.25) is 0 Å². The van der Waals surface area contributed by atoms with Gasteiger partial charge in [0.1, 0.15) is 54.9 Å². The standard InChI is InChI=1S/C65H92O23/c1-28-14-37-12-13-62-24-48-58(87-62)59-60(81-48)61(88-62)57-39(78-59)11-9-36(75-57)16-52(69)82-56-32(5)55-44(77-45(56)20-51-65(70,27-66)31(4)15-35(74-51)8-10-38(28)73-37)19-43-47(80-55)23-64(83-43)25-49-54(86-64)30(3)22-63(85-49)21-29(2)53-46(84-63)18-40-41(79-53)17-42(76-40)50(72-34(7)68)26-71-33(6)67/h29-32,35-51,53-61,66,70H,1,8-27H2,2-7H3. The Kier molecular flexibility index (Phi) is 15.5. The Morgan fingerprint density at radius 1 is 0.534 bits per heavy atom. The molecule has 0 aromatic carbocycles. The topological polar surface area (TPSA) is 258 Å². The predicted molar refractivity (Wildman–Crippen MR) is 298 cm³/mol. The SMILES string of the molecule is C=C1CC2CCC34CC5OC6C(OC7CCC(CC(=O)OC8C(CC9OC(CCC1O2)CC(C)C9(O)CO)OC1CC2OC9(CC2OC1C8C)CC1OC2(CC(C)C8OC%10CC(C(COC(C)=O)OC(C)=O)OC%10CC8O2)CC(C)C1O9)OC7C6O3)C5O4. The molecule has 17 heterocycles. The van der Waals surface area contributed by atoms with Crippen molar-refractivity contribution < 1.29 is 110 Å². The van der Waals surface area contributed by atoms with Crippen molar-refractivity contribution in [3.8, 4) is 0 Å². The molecule has 17 rings (SSSR count). The molecule has 88 heavy (non-hydrogen) atoms. The molecule has 0 aromatic rings. The summed E-state index contributed by atoms with van der Waals surface area (Å²) in [5.41, 5.74) is -0.551. The van der Waals surface area contributed by atoms with Crippen molar-refractivity contribution in [3.05, 3.63) is 12.2 Å². The van der Waals surface area contributed by atoms with Crippen molar-refractivity contribution in [2.24, 2.45) is 23.7 Å². The summed E-state index contributed by atoms with van der Waals surface area (Å²) in [6, 6.07) is 0. The quantitative estimate of drug-likeness (QED) is 0.216. The molecule has 2 N–H and O–H groups in total. The molecule has 0 radical (unpaired) electrons. The first-order valence-corrected chi connectivity index (χ1v) is 33.7. The van der Waals surface area contributed by atoms with Crippen molar-refractivity contribution in [2.45, 2.75) is 339 Å². The van der Waals surface area contributed by atoms with E-state index in [2.05, 4.69) is 27.4 Å². The average molecular weight is 1240 g/mol. The van der Waals surface area contributed by atoms with Gasteiger partial charge in [0, 0.05) is 84.0 Å². The van der Waals surface area contributed by atoms with Crippen molar-refractivity contribution >= 4 is 17.9 Å². The second-order valence-electron chi connectivity index (χ2n) is 29.9. The van der Waals surface area contributed by atoms with Crippen LogP contribution >= 0.6 is 0 Å². The van der Waals surface area contributed by atoms with E-state index in [0.717, 1.165) is 18.4 Å². The lowest BCUT2D eigenvalue weighted by atomic mass is 9.74. The zero-order valence-electron chi connectivity index (χ0n) is 51.6. The van der Waals surface area contributed by atoms with E-state index in [1.807, 2.05) is 6.92 Å². The van der Waals surface area contributed by atoms with Crippen LogP contribution in [0, 0.1) is 23.7 Å². The van der Waals surface area contributed by atoms with Crippen LogP contribution < -0.4 is 0 Å². The Balaban J connectivity index is 0.620. The highest BCUT2D eigenvalue weighted by molar-refractivity contribution is 5.70. The van der Waals surface area contributed by atoms with E-state index in [-0.39, 0.29) is 141 Å². The number of carbonyl (C=O) groups is 3. The third-order valence-corrected chi connectivity index (χ3v) is 23.8. The van der Waals surface area contributed by atoms with Crippen LogP contribution in [0.3, 0.4) is 0 Å². The first-order chi connectivity index (χ1) is 42.2. The number of aliphatic hydroxyl groups excluding tert-OH is 1. The molecule has 23 heteroatoms. The number of hydrogen-bond donors (Lipinski definition) is 2. The van der Waals surface area contributed by atoms with E-state index in [1.54, 1.807) is 0 Å². The first kappa shape index (κ1) is 60.4. The molecule has 17 fully saturated rings. The minimum atomic E-state index is -1.60. The molecule has 0 amide bonds. The molecular formula is C65H92O23. The van der Waals surface area contributed by atoms with Crippen molar-refractivity contribution in [1.29, 1.82) is 0 Å². The minimum absolute atomic E-state index is 0.0106. The van der Waals surface area contributed by atoms with Crippen molar-refractivity contribution in [3.63, 3.8) is 0 Å². The Morgan fingerprint density at radius 2 is 1.19 bits per heavy atom. The van der Waals surface area contributed by atoms with Gasteiger partial charge < -0.3 is 95.5 Å². The summed E-state index contributed by atoms with van der Waals surface area (Å²) in [7, 11) is 0. The maximum absolute atomic E-state index is 14.7. The van der Waals surface area contributed by atoms with Gasteiger partial charge in [-0.25, -0.2) is 0 Å². The third-order valence-electron chi connectivity index (χ3n) is 23.8. The van der Waals surface area contributed by atoms with E-state index in [1.165, 1.54) is 13.8 Å². The van der Waals surface area contributed by atoms with Gasteiger partial charge in [0.25, 0.3) is 0 Å². The van der Waals surface area contributed by atoms with Gasteiger partial charge in [-0.2, -0.15) is 0 Å². The van der Waals surface area contributed by atoms with Crippen LogP contribution in [0.15, 0.2) is 12.2 Å². The van der Waals surface area contributed by atoms with Crippen molar-refractivity contribution in [2.75, 3.05) is 13.2 Å². The number of carbonyl (C=O) groups excluding carboxylic acids is 3. The Morgan fingerprint density at radius 3 is 2.01 bits per heavy atom. The van der Waals surface area contributed by atoms with Crippen LogP contribution in [-0.4, -0.2) is 223 Å². The van der Waals surface area contributed by atoms with Crippen molar-refractivity contribution in [1.82, 2.24) is 0 Å². The average Bonchev–Trinajstić information content (AvgIpc) is 1.55. The van der Waals surface area contributed by atoms with Gasteiger partial charge in [-0.3, -0.25) is 14.4 Å². The smallest absolute Gasteiger partial charge is 0.308 e. The summed E-state index contributed by atoms with van der Waals surface area (Å²) >= 11 is 0. The molecule has 34 unspecified atom stereocenters. The van der Waals surface area contributed by atoms with Gasteiger partial charge in [-0.1, -0.05) is 34.3 Å². The van der Waals surface area contributed by atoms with E-state index in [4.69, 9.17) is 85.3 Å². The summed E-state index contributed by atoms with van der Waals surface area (Å²) in [4.78, 5) is 38.5. The maximum atomic E-state index is 14.7. The highest BCUT2D eigenvalue weighted by Gasteiger charge is 2.70. The molecule has 17 aliphatic rings. The van der Waals surface area contributed by atoms with E-state index >= 15 is 0 Å². The molecule has 0 aliphatic carbocycles. The maximum Gasteiger partial charge on any atom is 0.308 e. The molecule has 17 saturated heterocycles. The molecule has 12 bridgehead atoms. The number of fused-ring (bicyclic) bond motifs is 11. The van der Waals surface area contributed by atoms with E-state index < -0.39 is 109 Å². The third kappa shape index (κ3) is 10.5. The van der Waals surface area contributed by atoms with Gasteiger partial charge in [-0.15, -0.1) is 0 Å². The second kappa shape index (κ2) is 22.6. The van der Waals surface area contributed by atoms with Crippen LogP contribution in [0.4, 0.5) is 0 Å². The largest absolute Gasteiger partial charge is 0.462 e. The summed E-state index contributed by atoms with van der Waals surface area (Å²) in [6.45, 7) is 14.9. The van der Waals surface area contributed by atoms with Gasteiger partial charge in [0.05, 0.1) is 123 Å². The Bertz CT molecular complexity index is 2680. The normalized spacial score (nSPS) is 56.2. The van der Waals surface area contributed by atoms with E-state index in [9.17, 15) is 24.6 Å². The predicted octanol–water partition coefficient (Wildman–Crippen LogP) is 4.64. The molecule has 34 atom stereocenters. The lowest BCUT2D eigenvalue weighted by molar-refractivity contribution is -0.369. The summed E-state index contributed by atoms with van der Waals surface area (Å²) < 4.78 is 122. The lowest BCUT2D eigenvalue weighted by Gasteiger charge is -2.54. The van der Waals surface area contributed by atoms with Gasteiger partial charge >= 0.3 is 17.9 Å². The zero-order valence-corrected chi connectivity index (χ0v) is 51.6. The fourth-order valence-corrected chi connectivity index (χ4v) is 19.7. The first-order valence-electron chi connectivity index (χ1n) is 33.7. The van der Waals surface area contributed by atoms with Crippen LogP contribution in [-0.2, 0) is 99.6 Å². The van der Waals surface area contributed by atoms with Crippen LogP contribution in [0.25, 0.3) is 0 Å². The lowest BCUT2D eigenvalue weighted by Crippen LogP contribution is -2.63. The van der Waals surface area contributed by atoms with Gasteiger partial charge in [0.15, 0.2) is 23.5 Å². The number of rotatable bonds is 5.